The predicted molar refractivity (Wildman–Crippen MR) is 112 cm³/mol. The first-order valence-electron chi connectivity index (χ1n) is 9.63. The van der Waals surface area contributed by atoms with E-state index in [2.05, 4.69) is 15.4 Å². The van der Waals surface area contributed by atoms with E-state index in [1.165, 1.54) is 33.9 Å². The zero-order chi connectivity index (χ0) is 21.1. The summed E-state index contributed by atoms with van der Waals surface area (Å²) >= 11 is 0. The molecular formula is C22H20FN5O2. The normalized spacial score (nSPS) is 11.0. The van der Waals surface area contributed by atoms with E-state index in [4.69, 9.17) is 0 Å². The molecule has 7 nitrogen and oxygen atoms in total. The molecule has 0 aliphatic rings. The number of aromatic nitrogens is 4. The van der Waals surface area contributed by atoms with E-state index in [-0.39, 0.29) is 30.2 Å². The molecule has 0 saturated heterocycles. The van der Waals surface area contributed by atoms with Gasteiger partial charge in [-0.2, -0.15) is 5.10 Å². The van der Waals surface area contributed by atoms with E-state index in [9.17, 15) is 14.0 Å². The molecule has 0 spiro atoms. The number of anilines is 1. The van der Waals surface area contributed by atoms with Crippen molar-refractivity contribution in [3.8, 4) is 5.69 Å². The van der Waals surface area contributed by atoms with E-state index >= 15 is 0 Å². The molecule has 0 radical (unpaired) electrons. The molecule has 0 atom stereocenters. The first-order valence-corrected chi connectivity index (χ1v) is 9.63. The van der Waals surface area contributed by atoms with E-state index < -0.39 is 0 Å². The van der Waals surface area contributed by atoms with Crippen LogP contribution in [0.15, 0.2) is 65.8 Å². The summed E-state index contributed by atoms with van der Waals surface area (Å²) in [4.78, 5) is 29.5. The van der Waals surface area contributed by atoms with Crippen LogP contribution in [-0.2, 0) is 17.8 Å². The van der Waals surface area contributed by atoms with Gasteiger partial charge in [0, 0.05) is 18.7 Å². The number of carbonyl (C=O) groups is 1. The van der Waals surface area contributed by atoms with Crippen molar-refractivity contribution in [2.24, 2.45) is 0 Å². The van der Waals surface area contributed by atoms with Gasteiger partial charge in [0.2, 0.25) is 5.91 Å². The number of halogens is 1. The highest BCUT2D eigenvalue weighted by molar-refractivity contribution is 5.91. The second-order valence-electron chi connectivity index (χ2n) is 6.82. The van der Waals surface area contributed by atoms with Crippen LogP contribution in [0.2, 0.25) is 0 Å². The van der Waals surface area contributed by atoms with Crippen molar-refractivity contribution in [3.63, 3.8) is 0 Å². The average Bonchev–Trinajstić information content (AvgIpc) is 3.19. The van der Waals surface area contributed by atoms with Gasteiger partial charge < -0.3 is 5.32 Å². The molecule has 30 heavy (non-hydrogen) atoms. The monoisotopic (exact) mass is 405 g/mol. The lowest BCUT2D eigenvalue weighted by molar-refractivity contribution is -0.116. The van der Waals surface area contributed by atoms with Gasteiger partial charge in [0.25, 0.3) is 5.56 Å². The smallest absolute Gasteiger partial charge is 0.264 e. The lowest BCUT2D eigenvalue weighted by Crippen LogP contribution is -2.23. The molecule has 2 aromatic heterocycles. The molecule has 2 heterocycles. The highest BCUT2D eigenvalue weighted by Gasteiger charge is 2.13. The fourth-order valence-corrected chi connectivity index (χ4v) is 3.26. The van der Waals surface area contributed by atoms with Crippen LogP contribution in [0.1, 0.15) is 18.9 Å². The van der Waals surface area contributed by atoms with Crippen molar-refractivity contribution in [2.45, 2.75) is 26.3 Å². The number of benzene rings is 2. The third-order valence-electron chi connectivity index (χ3n) is 4.88. The number of amides is 1. The Labute approximate surface area is 171 Å². The van der Waals surface area contributed by atoms with Crippen LogP contribution < -0.4 is 10.9 Å². The third kappa shape index (κ3) is 3.84. The van der Waals surface area contributed by atoms with Crippen LogP contribution in [0.3, 0.4) is 0 Å². The molecular weight excluding hydrogens is 385 g/mol. The maximum Gasteiger partial charge on any atom is 0.264 e. The highest BCUT2D eigenvalue weighted by atomic mass is 19.1. The Morgan fingerprint density at radius 1 is 1.13 bits per heavy atom. The number of nitrogens with zero attached hydrogens (tertiary/aromatic N) is 4. The fraction of sp³-hybridized carbons (Fsp3) is 0.182. The maximum atomic E-state index is 13.2. The molecule has 0 aliphatic heterocycles. The summed E-state index contributed by atoms with van der Waals surface area (Å²) in [7, 11) is 0. The van der Waals surface area contributed by atoms with Gasteiger partial charge in [-0.25, -0.2) is 14.1 Å². The Morgan fingerprint density at radius 3 is 2.67 bits per heavy atom. The first-order chi connectivity index (χ1) is 14.6. The van der Waals surface area contributed by atoms with Crippen molar-refractivity contribution in [1.29, 1.82) is 0 Å². The van der Waals surface area contributed by atoms with E-state index in [0.717, 1.165) is 17.7 Å². The number of fused-ring (bicyclic) bond motifs is 1. The Kier molecular flexibility index (Phi) is 5.38. The van der Waals surface area contributed by atoms with Crippen molar-refractivity contribution in [1.82, 2.24) is 19.3 Å². The molecule has 1 amide bonds. The van der Waals surface area contributed by atoms with Crippen molar-refractivity contribution >= 4 is 22.6 Å². The molecule has 0 aliphatic carbocycles. The predicted octanol–water partition coefficient (Wildman–Crippen LogP) is 3.31. The van der Waals surface area contributed by atoms with Crippen LogP contribution in [-0.4, -0.2) is 25.2 Å². The summed E-state index contributed by atoms with van der Waals surface area (Å²) in [6, 6.07) is 13.4. The number of hydrogen-bond donors (Lipinski definition) is 1. The molecule has 0 unspecified atom stereocenters. The molecule has 0 fully saturated rings. The molecule has 152 valence electrons. The molecule has 4 rings (SSSR count). The standard InChI is InChI=1S/C22H20FN5O2/c1-2-15-5-3-4-6-19(15)26-20(29)11-12-27-14-24-21-18(22(27)30)13-25-28(21)17-9-7-16(23)8-10-17/h3-10,13-14H,2,11-12H2,1H3,(H,26,29). The van der Waals surface area contributed by atoms with Gasteiger partial charge >= 0.3 is 0 Å². The van der Waals surface area contributed by atoms with Gasteiger partial charge in [-0.15, -0.1) is 0 Å². The minimum absolute atomic E-state index is 0.136. The number of rotatable bonds is 6. The SMILES string of the molecule is CCc1ccccc1NC(=O)CCn1cnc2c(cnn2-c2ccc(F)cc2)c1=O. The molecule has 2 aromatic carbocycles. The van der Waals surface area contributed by atoms with Crippen LogP contribution >= 0.6 is 0 Å². The molecule has 4 aromatic rings. The average molecular weight is 405 g/mol. The van der Waals surface area contributed by atoms with Crippen molar-refractivity contribution in [2.75, 3.05) is 5.32 Å². The van der Waals surface area contributed by atoms with E-state index in [0.29, 0.717) is 16.7 Å². The third-order valence-corrected chi connectivity index (χ3v) is 4.88. The van der Waals surface area contributed by atoms with E-state index in [1.807, 2.05) is 31.2 Å². The van der Waals surface area contributed by atoms with Crippen molar-refractivity contribution < 1.29 is 9.18 Å². The number of aryl methyl sites for hydroxylation is 2. The van der Waals surface area contributed by atoms with E-state index in [1.54, 1.807) is 12.1 Å². The zero-order valence-electron chi connectivity index (χ0n) is 16.4. The topological polar surface area (TPSA) is 81.8 Å². The lowest BCUT2D eigenvalue weighted by Gasteiger charge is -2.10. The summed E-state index contributed by atoms with van der Waals surface area (Å²) in [5, 5.41) is 7.44. The summed E-state index contributed by atoms with van der Waals surface area (Å²) in [6.07, 6.45) is 3.79. The van der Waals surface area contributed by atoms with Gasteiger partial charge in [-0.3, -0.25) is 14.2 Å². The van der Waals surface area contributed by atoms with Gasteiger partial charge in [0.15, 0.2) is 5.65 Å². The summed E-state index contributed by atoms with van der Waals surface area (Å²) in [6.45, 7) is 2.22. The van der Waals surface area contributed by atoms with Crippen LogP contribution in [0.25, 0.3) is 16.7 Å². The second kappa shape index (κ2) is 8.28. The minimum atomic E-state index is -0.356. The number of nitrogens with one attached hydrogen (secondary N) is 1. The molecule has 8 heteroatoms. The Balaban J connectivity index is 1.51. The number of hydrogen-bond acceptors (Lipinski definition) is 4. The Morgan fingerprint density at radius 2 is 1.90 bits per heavy atom. The summed E-state index contributed by atoms with van der Waals surface area (Å²) in [5.74, 6) is -0.532. The van der Waals surface area contributed by atoms with Gasteiger partial charge in [0.1, 0.15) is 11.2 Å². The minimum Gasteiger partial charge on any atom is -0.326 e. The van der Waals surface area contributed by atoms with Crippen LogP contribution in [0, 0.1) is 5.82 Å². The van der Waals surface area contributed by atoms with Gasteiger partial charge in [-0.05, 0) is 42.3 Å². The second-order valence-corrected chi connectivity index (χ2v) is 6.82. The molecule has 0 saturated carbocycles. The first kappa shape index (κ1) is 19.5. The fourth-order valence-electron chi connectivity index (χ4n) is 3.26. The highest BCUT2D eigenvalue weighted by Crippen LogP contribution is 2.16. The van der Waals surface area contributed by atoms with Crippen LogP contribution in [0.5, 0.6) is 0 Å². The van der Waals surface area contributed by atoms with Gasteiger partial charge in [0.05, 0.1) is 18.2 Å². The molecule has 1 N–H and O–H groups in total. The van der Waals surface area contributed by atoms with Crippen LogP contribution in [0.4, 0.5) is 10.1 Å². The lowest BCUT2D eigenvalue weighted by atomic mass is 10.1. The van der Waals surface area contributed by atoms with Crippen molar-refractivity contribution in [3.05, 3.63) is 82.8 Å². The Hall–Kier alpha value is -3.81. The number of para-hydroxylation sites is 1. The molecule has 0 bridgehead atoms. The Bertz CT molecular complexity index is 1260. The quantitative estimate of drug-likeness (QED) is 0.534. The summed E-state index contributed by atoms with van der Waals surface area (Å²) in [5.41, 5.74) is 2.54. The zero-order valence-corrected chi connectivity index (χ0v) is 16.4. The summed E-state index contributed by atoms with van der Waals surface area (Å²) < 4.78 is 16.0. The maximum absolute atomic E-state index is 13.2. The van der Waals surface area contributed by atoms with Gasteiger partial charge in [-0.1, -0.05) is 25.1 Å². The number of carbonyl (C=O) groups excluding carboxylic acids is 1. The largest absolute Gasteiger partial charge is 0.326 e.